The van der Waals surface area contributed by atoms with E-state index in [4.69, 9.17) is 11.6 Å². The minimum Gasteiger partial charge on any atom is -0.246 e. The van der Waals surface area contributed by atoms with Gasteiger partial charge in [0.15, 0.2) is 0 Å². The van der Waals surface area contributed by atoms with Crippen LogP contribution >= 0.6 is 11.6 Å². The Hall–Kier alpha value is -2.45. The van der Waals surface area contributed by atoms with Gasteiger partial charge in [0.2, 0.25) is 0 Å². The Kier molecular flexibility index (Phi) is 4.97. The van der Waals surface area contributed by atoms with Gasteiger partial charge in [0.25, 0.3) is 16.0 Å². The van der Waals surface area contributed by atoms with Crippen molar-refractivity contribution in [2.75, 3.05) is 4.72 Å². The molecule has 0 aliphatic rings. The Bertz CT molecular complexity index is 1070. The number of anilines is 1. The van der Waals surface area contributed by atoms with Crippen LogP contribution < -0.4 is 4.72 Å². The van der Waals surface area contributed by atoms with Gasteiger partial charge in [-0.05, 0) is 43.2 Å². The molecule has 2 aromatic carbocycles. The molecule has 0 unspecified atom stereocenters. The van der Waals surface area contributed by atoms with Crippen molar-refractivity contribution in [3.63, 3.8) is 0 Å². The number of benzene rings is 2. The molecule has 3 rings (SSSR count). The van der Waals surface area contributed by atoms with Gasteiger partial charge < -0.3 is 0 Å². The highest BCUT2D eigenvalue weighted by atomic mass is 35.5. The van der Waals surface area contributed by atoms with Gasteiger partial charge in [-0.1, -0.05) is 35.4 Å². The molecule has 0 saturated carbocycles. The third-order valence-electron chi connectivity index (χ3n) is 3.73. The summed E-state index contributed by atoms with van der Waals surface area (Å²) in [5, 5.41) is 4.35. The first-order chi connectivity index (χ1) is 12.2. The molecule has 0 saturated heterocycles. The molecular weight excluding hydrogens is 379 g/mol. The lowest BCUT2D eigenvalue weighted by molar-refractivity contribution is 0.600. The zero-order valence-corrected chi connectivity index (χ0v) is 15.6. The Labute approximate surface area is 155 Å². The highest BCUT2D eigenvalue weighted by molar-refractivity contribution is 7.92. The van der Waals surface area contributed by atoms with E-state index in [1.165, 1.54) is 23.1 Å². The van der Waals surface area contributed by atoms with E-state index in [1.807, 2.05) is 6.92 Å². The van der Waals surface area contributed by atoms with Crippen LogP contribution in [-0.4, -0.2) is 23.2 Å². The molecule has 1 N–H and O–H groups in total. The molecule has 0 fully saturated rings. The van der Waals surface area contributed by atoms with Crippen LogP contribution in [0.2, 0.25) is 5.02 Å². The van der Waals surface area contributed by atoms with Crippen LogP contribution in [0.5, 0.6) is 0 Å². The average molecular weight is 395 g/mol. The molecule has 0 spiro atoms. The summed E-state index contributed by atoms with van der Waals surface area (Å²) >= 11 is 5.99. The molecule has 0 radical (unpaired) electrons. The molecule has 0 aliphatic heterocycles. The van der Waals surface area contributed by atoms with E-state index in [9.17, 15) is 12.8 Å². The Balaban J connectivity index is 1.79. The number of nitrogens with one attached hydrogen (secondary N) is 1. The van der Waals surface area contributed by atoms with E-state index in [0.717, 1.165) is 5.56 Å². The minimum atomic E-state index is -3.80. The second-order valence-corrected chi connectivity index (χ2v) is 7.93. The van der Waals surface area contributed by atoms with Crippen molar-refractivity contribution in [2.24, 2.45) is 0 Å². The van der Waals surface area contributed by atoms with Crippen LogP contribution in [-0.2, 0) is 16.6 Å². The van der Waals surface area contributed by atoms with Crippen LogP contribution in [0.1, 0.15) is 16.7 Å². The minimum absolute atomic E-state index is 0.0526. The number of halogens is 2. The van der Waals surface area contributed by atoms with Crippen LogP contribution in [0.25, 0.3) is 0 Å². The first-order valence-electron chi connectivity index (χ1n) is 7.68. The zero-order chi connectivity index (χ0) is 18.9. The highest BCUT2D eigenvalue weighted by Gasteiger charge is 2.19. The second-order valence-electron chi connectivity index (χ2n) is 5.88. The standard InChI is InChI=1S/C17H16ClFN4O2S/c1-11-3-6-16(12(2)7-11)26(24,25)22-17-20-10-23(21-17)9-13-4-5-14(19)8-15(13)18/h3-8,10H,9H2,1-2H3,(H,21,22). The average Bonchev–Trinajstić information content (AvgIpc) is 2.96. The molecule has 0 bridgehead atoms. The van der Waals surface area contributed by atoms with E-state index >= 15 is 0 Å². The van der Waals surface area contributed by atoms with Crippen LogP contribution in [0.15, 0.2) is 47.6 Å². The molecule has 9 heteroatoms. The molecule has 6 nitrogen and oxygen atoms in total. The first-order valence-corrected chi connectivity index (χ1v) is 9.54. The zero-order valence-electron chi connectivity index (χ0n) is 14.1. The maximum Gasteiger partial charge on any atom is 0.264 e. The van der Waals surface area contributed by atoms with Crippen molar-refractivity contribution in [3.8, 4) is 0 Å². The van der Waals surface area contributed by atoms with Gasteiger partial charge in [0.05, 0.1) is 11.4 Å². The summed E-state index contributed by atoms with van der Waals surface area (Å²) in [6.07, 6.45) is 1.37. The number of nitrogens with zero attached hydrogens (tertiary/aromatic N) is 3. The summed E-state index contributed by atoms with van der Waals surface area (Å²) < 4.78 is 41.9. The Morgan fingerprint density at radius 3 is 2.65 bits per heavy atom. The third kappa shape index (κ3) is 4.03. The van der Waals surface area contributed by atoms with Gasteiger partial charge in [-0.15, -0.1) is 5.10 Å². The molecule has 1 aromatic heterocycles. The highest BCUT2D eigenvalue weighted by Crippen LogP contribution is 2.20. The van der Waals surface area contributed by atoms with Crippen molar-refractivity contribution >= 4 is 27.6 Å². The number of hydrogen-bond donors (Lipinski definition) is 1. The van der Waals surface area contributed by atoms with Crippen LogP contribution in [0.4, 0.5) is 10.3 Å². The fourth-order valence-electron chi connectivity index (χ4n) is 2.52. The van der Waals surface area contributed by atoms with Crippen LogP contribution in [0.3, 0.4) is 0 Å². The smallest absolute Gasteiger partial charge is 0.246 e. The normalized spacial score (nSPS) is 11.5. The van der Waals surface area contributed by atoms with Gasteiger partial charge in [-0.2, -0.15) is 4.98 Å². The summed E-state index contributed by atoms with van der Waals surface area (Å²) in [6, 6.07) is 9.10. The van der Waals surface area contributed by atoms with Crippen LogP contribution in [0, 0.1) is 19.7 Å². The summed E-state index contributed by atoms with van der Waals surface area (Å²) in [7, 11) is -3.80. The fourth-order valence-corrected chi connectivity index (χ4v) is 3.92. The van der Waals surface area contributed by atoms with Gasteiger partial charge in [0.1, 0.15) is 12.1 Å². The molecular formula is C17H16ClFN4O2S. The summed E-state index contributed by atoms with van der Waals surface area (Å²) in [6.45, 7) is 3.85. The van der Waals surface area contributed by atoms with Crippen molar-refractivity contribution in [1.82, 2.24) is 14.8 Å². The third-order valence-corrected chi connectivity index (χ3v) is 5.57. The van der Waals surface area contributed by atoms with Crippen molar-refractivity contribution in [3.05, 3.63) is 70.3 Å². The van der Waals surface area contributed by atoms with Gasteiger partial charge in [0, 0.05) is 5.02 Å². The van der Waals surface area contributed by atoms with E-state index in [1.54, 1.807) is 31.2 Å². The van der Waals surface area contributed by atoms with Crippen molar-refractivity contribution in [2.45, 2.75) is 25.3 Å². The molecule has 136 valence electrons. The van der Waals surface area contributed by atoms with E-state index in [-0.39, 0.29) is 22.4 Å². The number of aryl methyl sites for hydroxylation is 2. The maximum atomic E-state index is 13.1. The van der Waals surface area contributed by atoms with E-state index in [2.05, 4.69) is 14.8 Å². The summed E-state index contributed by atoms with van der Waals surface area (Å²) in [5.41, 5.74) is 2.25. The summed E-state index contributed by atoms with van der Waals surface area (Å²) in [5.74, 6) is -0.484. The molecule has 26 heavy (non-hydrogen) atoms. The van der Waals surface area contributed by atoms with Crippen molar-refractivity contribution in [1.29, 1.82) is 0 Å². The second kappa shape index (κ2) is 7.05. The monoisotopic (exact) mass is 394 g/mol. The molecule has 0 atom stereocenters. The molecule has 0 amide bonds. The number of aromatic nitrogens is 3. The Morgan fingerprint density at radius 2 is 1.96 bits per heavy atom. The molecule has 0 aliphatic carbocycles. The molecule has 1 heterocycles. The topological polar surface area (TPSA) is 76.9 Å². The fraction of sp³-hybridized carbons (Fsp3) is 0.176. The summed E-state index contributed by atoms with van der Waals surface area (Å²) in [4.78, 5) is 4.13. The lowest BCUT2D eigenvalue weighted by atomic mass is 10.2. The maximum absolute atomic E-state index is 13.1. The predicted octanol–water partition coefficient (Wildman–Crippen LogP) is 3.54. The van der Waals surface area contributed by atoms with Gasteiger partial charge >= 0.3 is 0 Å². The lowest BCUT2D eigenvalue weighted by Crippen LogP contribution is -2.15. The van der Waals surface area contributed by atoms with Crippen molar-refractivity contribution < 1.29 is 12.8 Å². The SMILES string of the molecule is Cc1ccc(S(=O)(=O)Nc2ncn(Cc3ccc(F)cc3Cl)n2)c(C)c1. The molecule has 3 aromatic rings. The van der Waals surface area contributed by atoms with E-state index < -0.39 is 15.8 Å². The van der Waals surface area contributed by atoms with E-state index in [0.29, 0.717) is 11.1 Å². The largest absolute Gasteiger partial charge is 0.264 e. The lowest BCUT2D eigenvalue weighted by Gasteiger charge is -2.08. The number of sulfonamides is 1. The first kappa shape index (κ1) is 18.3. The predicted molar refractivity (Wildman–Crippen MR) is 97.3 cm³/mol. The number of hydrogen-bond acceptors (Lipinski definition) is 4. The quantitative estimate of drug-likeness (QED) is 0.718. The van der Waals surface area contributed by atoms with Gasteiger partial charge in [-0.3, -0.25) is 0 Å². The Morgan fingerprint density at radius 1 is 1.19 bits per heavy atom. The number of rotatable bonds is 5. The van der Waals surface area contributed by atoms with Gasteiger partial charge in [-0.25, -0.2) is 22.2 Å².